The standard InChI is InChI=1S/C11H20ClO3P/c1-2-3-4-5-6-7-9-16(14,15)10-8-11(12)13/h7,9H,2-6,8,10H2,1H3,(H,14,15)/b9-7+. The van der Waals surface area contributed by atoms with Gasteiger partial charge in [0.25, 0.3) is 0 Å². The van der Waals surface area contributed by atoms with Crippen LogP contribution in [0.25, 0.3) is 0 Å². The molecular formula is C11H20ClO3P. The van der Waals surface area contributed by atoms with Gasteiger partial charge in [0.1, 0.15) is 0 Å². The number of rotatable bonds is 9. The van der Waals surface area contributed by atoms with E-state index in [-0.39, 0.29) is 12.6 Å². The Hall–Kier alpha value is -0.110. The van der Waals surface area contributed by atoms with Crippen molar-refractivity contribution >= 4 is 24.2 Å². The molecule has 0 aliphatic rings. The molecule has 1 atom stereocenters. The third-order valence-electron chi connectivity index (χ3n) is 2.19. The average Bonchev–Trinajstić information content (AvgIpc) is 2.21. The van der Waals surface area contributed by atoms with Crippen LogP contribution < -0.4 is 0 Å². The summed E-state index contributed by atoms with van der Waals surface area (Å²) in [5.41, 5.74) is 0. The van der Waals surface area contributed by atoms with Gasteiger partial charge in [0, 0.05) is 12.6 Å². The number of carbonyl (C=O) groups is 1. The fourth-order valence-corrected chi connectivity index (χ4v) is 2.63. The third kappa shape index (κ3) is 10.4. The van der Waals surface area contributed by atoms with Crippen LogP contribution in [0.1, 0.15) is 45.4 Å². The van der Waals surface area contributed by atoms with Gasteiger partial charge in [-0.15, -0.1) is 0 Å². The fourth-order valence-electron chi connectivity index (χ4n) is 1.25. The van der Waals surface area contributed by atoms with Gasteiger partial charge >= 0.3 is 0 Å². The summed E-state index contributed by atoms with van der Waals surface area (Å²) in [7, 11) is -3.29. The number of carbonyl (C=O) groups excluding carboxylic acids is 1. The molecular weight excluding hydrogens is 247 g/mol. The lowest BCUT2D eigenvalue weighted by molar-refractivity contribution is -0.111. The summed E-state index contributed by atoms with van der Waals surface area (Å²) in [4.78, 5) is 19.9. The van der Waals surface area contributed by atoms with Crippen LogP contribution >= 0.6 is 19.0 Å². The number of allylic oxidation sites excluding steroid dienone is 1. The molecule has 0 heterocycles. The van der Waals surface area contributed by atoms with E-state index in [1.807, 2.05) is 0 Å². The van der Waals surface area contributed by atoms with Gasteiger partial charge in [-0.3, -0.25) is 9.36 Å². The maximum atomic E-state index is 11.5. The van der Waals surface area contributed by atoms with Crippen molar-refractivity contribution in [2.24, 2.45) is 0 Å². The highest BCUT2D eigenvalue weighted by atomic mass is 35.5. The van der Waals surface area contributed by atoms with Gasteiger partial charge in [-0.25, -0.2) is 0 Å². The minimum atomic E-state index is -3.29. The summed E-state index contributed by atoms with van der Waals surface area (Å²) < 4.78 is 11.5. The molecule has 5 heteroatoms. The van der Waals surface area contributed by atoms with E-state index in [9.17, 15) is 14.3 Å². The highest BCUT2D eigenvalue weighted by Gasteiger charge is 2.14. The van der Waals surface area contributed by atoms with Crippen LogP contribution in [0.5, 0.6) is 0 Å². The second kappa shape index (κ2) is 8.98. The first kappa shape index (κ1) is 15.9. The summed E-state index contributed by atoms with van der Waals surface area (Å²) in [6, 6.07) is 0. The van der Waals surface area contributed by atoms with Gasteiger partial charge in [-0.1, -0.05) is 32.3 Å². The topological polar surface area (TPSA) is 54.4 Å². The molecule has 1 N–H and O–H groups in total. The molecule has 0 bridgehead atoms. The Morgan fingerprint density at radius 3 is 2.62 bits per heavy atom. The molecule has 0 saturated heterocycles. The zero-order valence-electron chi connectivity index (χ0n) is 9.69. The molecule has 0 aromatic carbocycles. The maximum Gasteiger partial charge on any atom is 0.222 e. The van der Waals surface area contributed by atoms with Gasteiger partial charge in [0.05, 0.1) is 0 Å². The van der Waals surface area contributed by atoms with E-state index in [1.165, 1.54) is 18.7 Å². The lowest BCUT2D eigenvalue weighted by atomic mass is 10.2. The first-order valence-corrected chi connectivity index (χ1v) is 7.94. The summed E-state index contributed by atoms with van der Waals surface area (Å²) in [6.07, 6.45) is 7.02. The molecule has 0 rings (SSSR count). The highest BCUT2D eigenvalue weighted by molar-refractivity contribution is 7.61. The van der Waals surface area contributed by atoms with Gasteiger partial charge in [-0.05, 0) is 30.3 Å². The zero-order valence-corrected chi connectivity index (χ0v) is 11.3. The number of halogens is 1. The molecule has 0 radical (unpaired) electrons. The van der Waals surface area contributed by atoms with Gasteiger partial charge in [0.15, 0.2) is 0 Å². The number of hydrogen-bond acceptors (Lipinski definition) is 2. The van der Waals surface area contributed by atoms with E-state index in [1.54, 1.807) is 6.08 Å². The van der Waals surface area contributed by atoms with Crippen LogP contribution in [0, 0.1) is 0 Å². The Labute approximate surface area is 102 Å². The summed E-state index contributed by atoms with van der Waals surface area (Å²) in [5.74, 6) is 1.33. The lowest BCUT2D eigenvalue weighted by Crippen LogP contribution is -1.92. The van der Waals surface area contributed by atoms with Crippen LogP contribution in [0.15, 0.2) is 11.9 Å². The second-order valence-corrected chi connectivity index (χ2v) is 6.50. The molecule has 16 heavy (non-hydrogen) atoms. The molecule has 0 aliphatic heterocycles. The molecule has 0 amide bonds. The summed E-state index contributed by atoms with van der Waals surface area (Å²) in [5, 5.41) is -0.564. The molecule has 0 saturated carbocycles. The fraction of sp³-hybridized carbons (Fsp3) is 0.727. The van der Waals surface area contributed by atoms with Crippen molar-refractivity contribution < 1.29 is 14.3 Å². The molecule has 0 fully saturated rings. The van der Waals surface area contributed by atoms with Gasteiger partial charge in [-0.2, -0.15) is 0 Å². The molecule has 0 aliphatic carbocycles. The first-order chi connectivity index (χ1) is 7.48. The van der Waals surface area contributed by atoms with Crippen LogP contribution in [0.2, 0.25) is 0 Å². The van der Waals surface area contributed by atoms with E-state index in [4.69, 9.17) is 11.6 Å². The van der Waals surface area contributed by atoms with E-state index >= 15 is 0 Å². The van der Waals surface area contributed by atoms with Crippen molar-refractivity contribution in [3.63, 3.8) is 0 Å². The van der Waals surface area contributed by atoms with Crippen molar-refractivity contribution in [2.45, 2.75) is 45.4 Å². The predicted octanol–water partition coefficient (Wildman–Crippen LogP) is 3.90. The SMILES string of the molecule is CCCCCC/C=C/P(=O)(O)CCC(=O)Cl. The van der Waals surface area contributed by atoms with E-state index in [0.29, 0.717) is 0 Å². The zero-order chi connectivity index (χ0) is 12.4. The largest absolute Gasteiger partial charge is 0.341 e. The van der Waals surface area contributed by atoms with Crippen LogP contribution in [0.4, 0.5) is 0 Å². The van der Waals surface area contributed by atoms with Crippen LogP contribution in [-0.4, -0.2) is 16.3 Å². The first-order valence-electron chi connectivity index (χ1n) is 5.65. The molecule has 0 aromatic rings. The summed E-state index contributed by atoms with van der Waals surface area (Å²) in [6.45, 7) is 2.14. The summed E-state index contributed by atoms with van der Waals surface area (Å²) >= 11 is 5.11. The van der Waals surface area contributed by atoms with E-state index < -0.39 is 12.6 Å². The molecule has 3 nitrogen and oxygen atoms in total. The molecule has 1 unspecified atom stereocenters. The second-order valence-electron chi connectivity index (χ2n) is 3.82. The minimum absolute atomic E-state index is 0.0461. The Bertz CT molecular complexity index is 276. The van der Waals surface area contributed by atoms with Crippen molar-refractivity contribution in [3.05, 3.63) is 11.9 Å². The number of hydrogen-bond donors (Lipinski definition) is 1. The van der Waals surface area contributed by atoms with Gasteiger partial charge in [0.2, 0.25) is 12.6 Å². The third-order valence-corrected chi connectivity index (χ3v) is 3.92. The predicted molar refractivity (Wildman–Crippen MR) is 68.1 cm³/mol. The van der Waals surface area contributed by atoms with Crippen LogP contribution in [0.3, 0.4) is 0 Å². The highest BCUT2D eigenvalue weighted by Crippen LogP contribution is 2.43. The van der Waals surface area contributed by atoms with E-state index in [0.717, 1.165) is 19.3 Å². The normalized spacial score (nSPS) is 15.2. The van der Waals surface area contributed by atoms with Crippen molar-refractivity contribution in [1.29, 1.82) is 0 Å². The van der Waals surface area contributed by atoms with Crippen molar-refractivity contribution in [3.8, 4) is 0 Å². The average molecular weight is 267 g/mol. The van der Waals surface area contributed by atoms with Crippen LogP contribution in [-0.2, 0) is 9.36 Å². The smallest absolute Gasteiger partial charge is 0.222 e. The van der Waals surface area contributed by atoms with Crippen molar-refractivity contribution in [1.82, 2.24) is 0 Å². The Morgan fingerprint density at radius 2 is 2.06 bits per heavy atom. The molecule has 0 spiro atoms. The number of unbranched alkanes of at least 4 members (excludes halogenated alkanes) is 4. The molecule has 0 aromatic heterocycles. The van der Waals surface area contributed by atoms with Crippen molar-refractivity contribution in [2.75, 3.05) is 6.16 Å². The molecule has 94 valence electrons. The Kier molecular flexibility index (Phi) is 8.91. The Balaban J connectivity index is 3.74. The Morgan fingerprint density at radius 1 is 1.38 bits per heavy atom. The minimum Gasteiger partial charge on any atom is -0.341 e. The lowest BCUT2D eigenvalue weighted by Gasteiger charge is -2.03. The van der Waals surface area contributed by atoms with E-state index in [2.05, 4.69) is 6.92 Å². The monoisotopic (exact) mass is 266 g/mol. The maximum absolute atomic E-state index is 11.5. The quantitative estimate of drug-likeness (QED) is 0.391. The van der Waals surface area contributed by atoms with Gasteiger partial charge < -0.3 is 4.89 Å².